The van der Waals surface area contributed by atoms with Crippen molar-refractivity contribution in [2.75, 3.05) is 19.7 Å². The van der Waals surface area contributed by atoms with Crippen molar-refractivity contribution in [3.8, 4) is 11.5 Å². The van der Waals surface area contributed by atoms with Gasteiger partial charge in [0.2, 0.25) is 0 Å². The molecule has 5 unspecified atom stereocenters. The van der Waals surface area contributed by atoms with E-state index in [1.54, 1.807) is 0 Å². The molecule has 4 N–H and O–H groups in total. The summed E-state index contributed by atoms with van der Waals surface area (Å²) >= 11 is 0. The smallest absolute Gasteiger partial charge is 0.484 e. The van der Waals surface area contributed by atoms with Gasteiger partial charge in [-0.15, -0.1) is 13.2 Å². The first kappa shape index (κ1) is 23.7. The fourth-order valence-electron chi connectivity index (χ4n) is 5.88. The molecule has 3 aliphatic carbocycles. The van der Waals surface area contributed by atoms with Crippen molar-refractivity contribution < 1.29 is 27.4 Å². The summed E-state index contributed by atoms with van der Waals surface area (Å²) in [5.74, 6) is 0.901. The first-order valence-corrected chi connectivity index (χ1v) is 12.0. The fraction of sp³-hybridized carbons (Fsp3) is 0.696. The Morgan fingerprint density at radius 2 is 1.79 bits per heavy atom. The Bertz CT molecular complexity index is 864. The van der Waals surface area contributed by atoms with E-state index in [4.69, 9.17) is 4.74 Å². The zero-order valence-corrected chi connectivity index (χ0v) is 19.1. The summed E-state index contributed by atoms with van der Waals surface area (Å²) in [4.78, 5) is 12.5. The van der Waals surface area contributed by atoms with Crippen LogP contribution in [0.1, 0.15) is 32.6 Å². The maximum atomic E-state index is 12.5. The number of fused-ring (bicyclic) bond motifs is 3. The number of hydrogen-bond acceptors (Lipinski definition) is 7. The number of amides is 1. The van der Waals surface area contributed by atoms with Crippen LogP contribution in [0.4, 0.5) is 13.2 Å². The summed E-state index contributed by atoms with van der Waals surface area (Å²) in [7, 11) is 0. The molecule has 6 rings (SSSR count). The molecule has 5 aliphatic rings. The van der Waals surface area contributed by atoms with Crippen molar-refractivity contribution in [2.24, 2.45) is 11.8 Å². The highest BCUT2D eigenvalue weighted by atomic mass is 19.4. The number of carbonyl (C=O) groups excluding carboxylic acids is 1. The van der Waals surface area contributed by atoms with Crippen LogP contribution in [0, 0.1) is 11.8 Å². The van der Waals surface area contributed by atoms with Crippen molar-refractivity contribution >= 4 is 5.91 Å². The second kappa shape index (κ2) is 9.52. The molecule has 1 aromatic rings. The monoisotopic (exact) mass is 483 g/mol. The number of hydrazine groups is 1. The predicted octanol–water partition coefficient (Wildman–Crippen LogP) is 1.73. The lowest BCUT2D eigenvalue weighted by Gasteiger charge is -2.53. The Labute approximate surface area is 196 Å². The van der Waals surface area contributed by atoms with E-state index in [0.29, 0.717) is 35.7 Å². The number of alkyl halides is 3. The third-order valence-corrected chi connectivity index (χ3v) is 7.51. The third-order valence-electron chi connectivity index (χ3n) is 7.51. The first-order chi connectivity index (χ1) is 16.2. The molecule has 2 aliphatic heterocycles. The SMILES string of the molecule is CC1CC2C(NC3CC(NC(=O)COc4ccc(OC(F)(F)F)cc4)C4CC3C4)NCCN2N1. The average Bonchev–Trinajstić information content (AvgIpc) is 3.12. The predicted molar refractivity (Wildman–Crippen MR) is 118 cm³/mol. The molecule has 8 nitrogen and oxygen atoms in total. The van der Waals surface area contributed by atoms with Crippen molar-refractivity contribution in [1.29, 1.82) is 0 Å². The van der Waals surface area contributed by atoms with Crippen molar-refractivity contribution in [3.05, 3.63) is 24.3 Å². The molecule has 0 spiro atoms. The van der Waals surface area contributed by atoms with Crippen LogP contribution >= 0.6 is 0 Å². The van der Waals surface area contributed by atoms with E-state index in [1.807, 2.05) is 0 Å². The number of nitrogens with zero attached hydrogens (tertiary/aromatic N) is 1. The van der Waals surface area contributed by atoms with Gasteiger partial charge in [0.1, 0.15) is 11.5 Å². The largest absolute Gasteiger partial charge is 0.573 e. The fourth-order valence-corrected chi connectivity index (χ4v) is 5.88. The number of nitrogens with one attached hydrogen (secondary N) is 4. The third kappa shape index (κ3) is 5.42. The van der Waals surface area contributed by atoms with Crippen molar-refractivity contribution in [1.82, 2.24) is 26.4 Å². The number of ether oxygens (including phenoxy) is 2. The highest BCUT2D eigenvalue weighted by Gasteiger charge is 2.48. The van der Waals surface area contributed by atoms with Gasteiger partial charge in [0.05, 0.1) is 12.2 Å². The zero-order valence-electron chi connectivity index (χ0n) is 19.1. The number of rotatable bonds is 7. The molecule has 34 heavy (non-hydrogen) atoms. The first-order valence-electron chi connectivity index (χ1n) is 12.0. The molecule has 0 aromatic heterocycles. The maximum absolute atomic E-state index is 12.5. The molecule has 0 radical (unpaired) electrons. The minimum absolute atomic E-state index is 0.0986. The molecule has 2 bridgehead atoms. The van der Waals surface area contributed by atoms with Gasteiger partial charge in [-0.1, -0.05) is 0 Å². The van der Waals surface area contributed by atoms with Gasteiger partial charge in [-0.25, -0.2) is 5.01 Å². The molecule has 2 saturated heterocycles. The van der Waals surface area contributed by atoms with Crippen LogP contribution in [-0.2, 0) is 4.79 Å². The summed E-state index contributed by atoms with van der Waals surface area (Å²) < 4.78 is 46.1. The Morgan fingerprint density at radius 3 is 2.53 bits per heavy atom. The van der Waals surface area contributed by atoms with E-state index in [1.165, 1.54) is 12.1 Å². The summed E-state index contributed by atoms with van der Waals surface area (Å²) in [5, 5.41) is 13.0. The van der Waals surface area contributed by atoms with Crippen molar-refractivity contribution in [3.63, 3.8) is 0 Å². The molecular weight excluding hydrogens is 451 g/mol. The molecule has 1 aromatic carbocycles. The van der Waals surface area contributed by atoms with Gasteiger partial charge in [-0.05, 0) is 68.7 Å². The lowest BCUT2D eigenvalue weighted by atomic mass is 9.60. The van der Waals surface area contributed by atoms with E-state index in [2.05, 4.69) is 38.0 Å². The van der Waals surface area contributed by atoms with E-state index in [-0.39, 0.29) is 30.5 Å². The molecule has 5 fully saturated rings. The van der Waals surface area contributed by atoms with Crippen molar-refractivity contribution in [2.45, 2.75) is 69.3 Å². The van der Waals surface area contributed by atoms with E-state index < -0.39 is 6.36 Å². The molecule has 1 amide bonds. The van der Waals surface area contributed by atoms with Gasteiger partial charge >= 0.3 is 6.36 Å². The van der Waals surface area contributed by atoms with Crippen LogP contribution in [0.3, 0.4) is 0 Å². The second-order valence-corrected chi connectivity index (χ2v) is 9.94. The van der Waals surface area contributed by atoms with Gasteiger partial charge in [-0.2, -0.15) is 0 Å². The van der Waals surface area contributed by atoms with Gasteiger partial charge in [0.15, 0.2) is 6.61 Å². The average molecular weight is 484 g/mol. The summed E-state index contributed by atoms with van der Waals surface area (Å²) in [5.41, 5.74) is 3.54. The normalized spacial score (nSPS) is 35.2. The van der Waals surface area contributed by atoms with Crippen LogP contribution in [-0.4, -0.2) is 67.3 Å². The second-order valence-electron chi connectivity index (χ2n) is 9.94. The van der Waals surface area contributed by atoms with Crippen LogP contribution in [0.15, 0.2) is 24.3 Å². The van der Waals surface area contributed by atoms with E-state index in [0.717, 1.165) is 50.9 Å². The summed E-state index contributed by atoms with van der Waals surface area (Å²) in [6.45, 7) is 3.97. The maximum Gasteiger partial charge on any atom is 0.573 e. The van der Waals surface area contributed by atoms with Crippen LogP contribution in [0.2, 0.25) is 0 Å². The molecule has 11 heteroatoms. The van der Waals surface area contributed by atoms with E-state index in [9.17, 15) is 18.0 Å². The number of halogens is 3. The quantitative estimate of drug-likeness (QED) is 0.470. The van der Waals surface area contributed by atoms with Gasteiger partial charge in [-0.3, -0.25) is 20.9 Å². The molecule has 188 valence electrons. The number of carbonyl (C=O) groups is 1. The Morgan fingerprint density at radius 1 is 1.09 bits per heavy atom. The standard InChI is InChI=1S/C23H32F3N5O3/c1-13-8-20-22(27-6-7-31(20)30-13)29-19-11-18(14-9-15(19)10-14)28-21(32)12-33-16-2-4-17(5-3-16)34-23(24,25)26/h2-5,13-15,18-20,22,27,29-30H,6-12H2,1H3,(H,28,32). The van der Waals surface area contributed by atoms with Crippen LogP contribution in [0.25, 0.3) is 0 Å². The lowest BCUT2D eigenvalue weighted by molar-refractivity contribution is -0.274. The van der Waals surface area contributed by atoms with Crippen LogP contribution < -0.4 is 30.8 Å². The Kier molecular flexibility index (Phi) is 6.62. The van der Waals surface area contributed by atoms with E-state index >= 15 is 0 Å². The molecule has 2 heterocycles. The minimum Gasteiger partial charge on any atom is -0.484 e. The number of hydrogen-bond donors (Lipinski definition) is 4. The van der Waals surface area contributed by atoms with Gasteiger partial charge in [0.25, 0.3) is 5.91 Å². The zero-order chi connectivity index (χ0) is 23.9. The summed E-state index contributed by atoms with van der Waals surface area (Å²) in [6, 6.07) is 6.38. The van der Waals surface area contributed by atoms with Gasteiger partial charge in [0, 0.05) is 31.2 Å². The Balaban J connectivity index is 1.09. The number of piperazine rings is 1. The molecule has 3 saturated carbocycles. The van der Waals surface area contributed by atoms with Crippen LogP contribution in [0.5, 0.6) is 11.5 Å². The topological polar surface area (TPSA) is 86.9 Å². The highest BCUT2D eigenvalue weighted by Crippen LogP contribution is 2.46. The lowest BCUT2D eigenvalue weighted by Crippen LogP contribution is -2.68. The minimum atomic E-state index is -4.74. The summed E-state index contributed by atoms with van der Waals surface area (Å²) in [6.07, 6.45) is -0.296. The number of benzene rings is 1. The molecular formula is C23H32F3N5O3. The highest BCUT2D eigenvalue weighted by molar-refractivity contribution is 5.78. The molecule has 5 atom stereocenters. The van der Waals surface area contributed by atoms with Gasteiger partial charge < -0.3 is 14.8 Å². The Hall–Kier alpha value is -2.08.